The smallest absolute Gasteiger partial charge is 0.248 e. The molecule has 1 aliphatic rings. The molecule has 0 spiro atoms. The molecule has 1 aliphatic heterocycles. The predicted octanol–water partition coefficient (Wildman–Crippen LogP) is 3.32. The average Bonchev–Trinajstić information content (AvgIpc) is 2.82. The number of aryl methyl sites for hydroxylation is 2. The predicted molar refractivity (Wildman–Crippen MR) is 130 cm³/mol. The van der Waals surface area contributed by atoms with E-state index in [2.05, 4.69) is 4.98 Å². The van der Waals surface area contributed by atoms with E-state index in [-0.39, 0.29) is 25.2 Å². The van der Waals surface area contributed by atoms with Gasteiger partial charge in [0, 0.05) is 38.1 Å². The minimum Gasteiger partial charge on any atom is -0.497 e. The summed E-state index contributed by atoms with van der Waals surface area (Å²) in [6, 6.07) is 6.95. The van der Waals surface area contributed by atoms with E-state index >= 15 is 0 Å². The first-order chi connectivity index (χ1) is 16.3. The molecule has 1 aromatic heterocycles. The van der Waals surface area contributed by atoms with Gasteiger partial charge in [-0.05, 0) is 74.6 Å². The van der Waals surface area contributed by atoms with Gasteiger partial charge in [-0.25, -0.2) is 8.42 Å². The molecule has 1 saturated heterocycles. The zero-order valence-electron chi connectivity index (χ0n) is 20.5. The zero-order valence-corrected chi connectivity index (χ0v) is 21.3. The second-order valence-corrected chi connectivity index (χ2v) is 10.5. The normalized spacial score (nSPS) is 16.9. The second-order valence-electron chi connectivity index (χ2n) is 8.63. The first-order valence-corrected chi connectivity index (χ1v) is 13.1. The number of ether oxygens (including phenoxy) is 2. The van der Waals surface area contributed by atoms with Crippen LogP contribution in [0.15, 0.2) is 41.6 Å². The third kappa shape index (κ3) is 6.14. The first-order valence-electron chi connectivity index (χ1n) is 11.7. The largest absolute Gasteiger partial charge is 0.497 e. The van der Waals surface area contributed by atoms with Crippen molar-refractivity contribution >= 4 is 15.9 Å². The molecule has 8 nitrogen and oxygen atoms in total. The molecule has 1 aromatic carbocycles. The number of benzene rings is 1. The summed E-state index contributed by atoms with van der Waals surface area (Å²) >= 11 is 0. The minimum atomic E-state index is -3.71. The van der Waals surface area contributed by atoms with E-state index < -0.39 is 10.0 Å². The SMILES string of the molecule is CCN(Cc1ccncc1)C(=O)COCC1CCCCN1S(=O)(=O)c1c(C)cc(OC)cc1C. The number of pyridine rings is 1. The highest BCUT2D eigenvalue weighted by atomic mass is 32.2. The first kappa shape index (κ1) is 26.1. The van der Waals surface area contributed by atoms with Gasteiger partial charge in [-0.2, -0.15) is 4.31 Å². The maximum Gasteiger partial charge on any atom is 0.248 e. The molecule has 0 N–H and O–H groups in total. The Balaban J connectivity index is 1.67. The van der Waals surface area contributed by atoms with Crippen LogP contribution in [0, 0.1) is 13.8 Å². The van der Waals surface area contributed by atoms with Gasteiger partial charge in [-0.1, -0.05) is 6.42 Å². The lowest BCUT2D eigenvalue weighted by Crippen LogP contribution is -2.46. The molecule has 9 heteroatoms. The number of rotatable bonds is 10. The van der Waals surface area contributed by atoms with Crippen LogP contribution >= 0.6 is 0 Å². The van der Waals surface area contributed by atoms with Crippen molar-refractivity contribution in [3.05, 3.63) is 53.3 Å². The number of aromatic nitrogens is 1. The zero-order chi connectivity index (χ0) is 24.7. The summed E-state index contributed by atoms with van der Waals surface area (Å²) in [5.41, 5.74) is 2.32. The van der Waals surface area contributed by atoms with Crippen LogP contribution in [0.4, 0.5) is 0 Å². The number of amides is 1. The van der Waals surface area contributed by atoms with Crippen molar-refractivity contribution in [3.63, 3.8) is 0 Å². The van der Waals surface area contributed by atoms with E-state index in [1.165, 1.54) is 0 Å². The lowest BCUT2D eigenvalue weighted by molar-refractivity contribution is -0.137. The van der Waals surface area contributed by atoms with Gasteiger partial charge in [0.25, 0.3) is 0 Å². The van der Waals surface area contributed by atoms with Crippen LogP contribution in [0.25, 0.3) is 0 Å². The molecule has 1 atom stereocenters. The molecule has 186 valence electrons. The van der Waals surface area contributed by atoms with Gasteiger partial charge in [0.15, 0.2) is 0 Å². The van der Waals surface area contributed by atoms with E-state index in [4.69, 9.17) is 9.47 Å². The molecule has 0 radical (unpaired) electrons. The summed E-state index contributed by atoms with van der Waals surface area (Å²) in [6.45, 7) is 7.10. The standard InChI is InChI=1S/C25H35N3O5S/c1-5-27(16-21-9-11-26-12-10-21)24(29)18-33-17-22-8-6-7-13-28(22)34(30,31)25-19(2)14-23(32-4)15-20(25)3/h9-12,14-15,22H,5-8,13,16-18H2,1-4H3. The molecule has 0 aliphatic carbocycles. The Bertz CT molecular complexity index is 1050. The molecular formula is C25H35N3O5S. The van der Waals surface area contributed by atoms with Crippen LogP contribution in [-0.4, -0.2) is 68.0 Å². The third-order valence-corrected chi connectivity index (χ3v) is 8.46. The molecule has 2 aromatic rings. The van der Waals surface area contributed by atoms with E-state index in [1.807, 2.05) is 19.1 Å². The van der Waals surface area contributed by atoms with E-state index in [9.17, 15) is 13.2 Å². The summed E-state index contributed by atoms with van der Waals surface area (Å²) < 4.78 is 39.9. The lowest BCUT2D eigenvalue weighted by Gasteiger charge is -2.35. The maximum atomic E-state index is 13.6. The van der Waals surface area contributed by atoms with Gasteiger partial charge in [0.05, 0.1) is 18.6 Å². The average molecular weight is 490 g/mol. The van der Waals surface area contributed by atoms with Crippen molar-refractivity contribution in [2.24, 2.45) is 0 Å². The minimum absolute atomic E-state index is 0.0795. The molecule has 3 rings (SSSR count). The fraction of sp³-hybridized carbons (Fsp3) is 0.520. The van der Waals surface area contributed by atoms with Crippen molar-refractivity contribution in [2.45, 2.75) is 57.5 Å². The molecule has 1 amide bonds. The van der Waals surface area contributed by atoms with E-state index in [1.54, 1.807) is 54.7 Å². The van der Waals surface area contributed by atoms with Gasteiger partial charge in [-0.15, -0.1) is 0 Å². The maximum absolute atomic E-state index is 13.6. The van der Waals surface area contributed by atoms with Crippen molar-refractivity contribution < 1.29 is 22.7 Å². The fourth-order valence-electron chi connectivity index (χ4n) is 4.47. The Morgan fingerprint density at radius 1 is 1.18 bits per heavy atom. The summed E-state index contributed by atoms with van der Waals surface area (Å²) in [5.74, 6) is 0.518. The van der Waals surface area contributed by atoms with Crippen LogP contribution < -0.4 is 4.74 Å². The Morgan fingerprint density at radius 2 is 1.85 bits per heavy atom. The monoisotopic (exact) mass is 489 g/mol. The molecule has 0 bridgehead atoms. The van der Waals surface area contributed by atoms with Crippen molar-refractivity contribution in [2.75, 3.05) is 33.4 Å². The molecular weight excluding hydrogens is 454 g/mol. The van der Waals surface area contributed by atoms with Gasteiger partial charge in [0.1, 0.15) is 12.4 Å². The van der Waals surface area contributed by atoms with Crippen LogP contribution in [-0.2, 0) is 26.1 Å². The molecule has 1 unspecified atom stereocenters. The topological polar surface area (TPSA) is 89.0 Å². The van der Waals surface area contributed by atoms with E-state index in [0.717, 1.165) is 18.4 Å². The Kier molecular flexibility index (Phi) is 9.04. The molecule has 34 heavy (non-hydrogen) atoms. The van der Waals surface area contributed by atoms with Gasteiger partial charge >= 0.3 is 0 Å². The summed E-state index contributed by atoms with van der Waals surface area (Å²) in [6.07, 6.45) is 5.84. The van der Waals surface area contributed by atoms with Crippen molar-refractivity contribution in [3.8, 4) is 5.75 Å². The Morgan fingerprint density at radius 3 is 2.47 bits per heavy atom. The number of likely N-dealkylation sites (N-methyl/N-ethyl adjacent to an activating group) is 1. The number of hydrogen-bond acceptors (Lipinski definition) is 6. The Labute approximate surface area is 202 Å². The number of piperidine rings is 1. The number of carbonyl (C=O) groups is 1. The van der Waals surface area contributed by atoms with Crippen molar-refractivity contribution in [1.29, 1.82) is 0 Å². The quantitative estimate of drug-likeness (QED) is 0.509. The Hall–Kier alpha value is -2.49. The molecule has 2 heterocycles. The number of nitrogens with zero attached hydrogens (tertiary/aromatic N) is 3. The molecule has 1 fully saturated rings. The summed E-state index contributed by atoms with van der Waals surface area (Å²) in [7, 11) is -2.15. The van der Waals surface area contributed by atoms with Crippen LogP contribution in [0.3, 0.4) is 0 Å². The highest BCUT2D eigenvalue weighted by Crippen LogP contribution is 2.31. The summed E-state index contributed by atoms with van der Waals surface area (Å²) in [5, 5.41) is 0. The van der Waals surface area contributed by atoms with Crippen LogP contribution in [0.1, 0.15) is 42.9 Å². The second kappa shape index (κ2) is 11.8. The van der Waals surface area contributed by atoms with Crippen LogP contribution in [0.2, 0.25) is 0 Å². The lowest BCUT2D eigenvalue weighted by atomic mass is 10.1. The third-order valence-electron chi connectivity index (χ3n) is 6.20. The van der Waals surface area contributed by atoms with Crippen molar-refractivity contribution in [1.82, 2.24) is 14.2 Å². The van der Waals surface area contributed by atoms with Gasteiger partial charge in [0.2, 0.25) is 15.9 Å². The van der Waals surface area contributed by atoms with Crippen LogP contribution in [0.5, 0.6) is 5.75 Å². The van der Waals surface area contributed by atoms with Gasteiger partial charge < -0.3 is 14.4 Å². The molecule has 0 saturated carbocycles. The number of methoxy groups -OCH3 is 1. The summed E-state index contributed by atoms with van der Waals surface area (Å²) in [4.78, 5) is 18.8. The van der Waals surface area contributed by atoms with E-state index in [0.29, 0.717) is 47.8 Å². The number of hydrogen-bond donors (Lipinski definition) is 0. The van der Waals surface area contributed by atoms with Gasteiger partial charge in [-0.3, -0.25) is 9.78 Å². The highest BCUT2D eigenvalue weighted by molar-refractivity contribution is 7.89. The number of sulfonamides is 1. The highest BCUT2D eigenvalue weighted by Gasteiger charge is 2.35. The number of carbonyl (C=O) groups excluding carboxylic acids is 1. The fourth-order valence-corrected chi connectivity index (χ4v) is 6.56.